The second-order valence-electron chi connectivity index (χ2n) is 2.00. The molecule has 0 aliphatic rings. The fourth-order valence-corrected chi connectivity index (χ4v) is 1.88. The van der Waals surface area contributed by atoms with E-state index in [-0.39, 0.29) is 15.9 Å². The average Bonchev–Trinajstić information content (AvgIpc) is 1.96. The number of carboxylic acid groups (broad SMARTS) is 1. The van der Waals surface area contributed by atoms with E-state index in [2.05, 4.69) is 4.98 Å². The Balaban J connectivity index is 3.37. The molecule has 0 radical (unpaired) electrons. The first-order valence-corrected chi connectivity index (χ1v) is 4.84. The van der Waals surface area contributed by atoms with Gasteiger partial charge in [0, 0.05) is 0 Å². The number of hydrogen-bond donors (Lipinski definition) is 1. The van der Waals surface area contributed by atoms with Crippen LogP contribution < -0.4 is 4.35 Å². The molecule has 0 aliphatic heterocycles. The van der Waals surface area contributed by atoms with Gasteiger partial charge in [-0.3, -0.25) is 0 Å². The molecule has 0 aromatic carbocycles. The molecule has 1 aromatic heterocycles. The number of aromatic carboxylic acids is 1. The van der Waals surface area contributed by atoms with Crippen LogP contribution in [0, 0.1) is 0 Å². The summed E-state index contributed by atoms with van der Waals surface area (Å²) in [6.45, 7) is 0. The zero-order valence-corrected chi connectivity index (χ0v) is 9.65. The molecule has 3 nitrogen and oxygen atoms in total. The van der Waals surface area contributed by atoms with E-state index in [1.807, 2.05) is 0 Å². The zero-order chi connectivity index (χ0) is 9.30. The fourth-order valence-electron chi connectivity index (χ4n) is 0.658. The normalized spacial score (nSPS) is 9.92. The number of carbonyl (C=O) groups is 1. The van der Waals surface area contributed by atoms with E-state index in [0.29, 0.717) is 4.35 Å². The molecule has 0 spiro atoms. The molecule has 0 fully saturated rings. The standard InChI is InChI=1S/C6H4AsCl2NO2/c7-2-1-3(8)10-5(4(2)9)6(11)12/h1H,7H2,(H,11,12). The van der Waals surface area contributed by atoms with Crippen molar-refractivity contribution in [2.75, 3.05) is 0 Å². The van der Waals surface area contributed by atoms with Gasteiger partial charge in [-0.25, -0.2) is 0 Å². The van der Waals surface area contributed by atoms with E-state index in [9.17, 15) is 4.79 Å². The quantitative estimate of drug-likeness (QED) is 0.590. The molecule has 6 heteroatoms. The maximum atomic E-state index is 10.5. The molecule has 1 N–H and O–H groups in total. The predicted molar refractivity (Wildman–Crippen MR) is 49.4 cm³/mol. The van der Waals surface area contributed by atoms with Gasteiger partial charge >= 0.3 is 87.2 Å². The van der Waals surface area contributed by atoms with Crippen LogP contribution in [-0.4, -0.2) is 32.9 Å². The third-order valence-corrected chi connectivity index (χ3v) is 3.09. The van der Waals surface area contributed by atoms with E-state index in [0.717, 1.165) is 0 Å². The third kappa shape index (κ3) is 1.92. The molecule has 0 aliphatic carbocycles. The SMILES string of the molecule is O=C(O)c1nc(Cl)cc([AsH2])c1Cl. The Labute approximate surface area is 87.2 Å². The second-order valence-corrected chi connectivity index (χ2v) is 4.07. The monoisotopic (exact) mass is 267 g/mol. The Morgan fingerprint density at radius 1 is 1.58 bits per heavy atom. The Morgan fingerprint density at radius 3 is 2.67 bits per heavy atom. The molecule has 1 atom stereocenters. The number of aromatic nitrogens is 1. The molecule has 1 rings (SSSR count). The summed E-state index contributed by atoms with van der Waals surface area (Å²) in [4.78, 5) is 14.1. The minimum absolute atomic E-state index is 0.149. The number of nitrogens with zero attached hydrogens (tertiary/aromatic N) is 1. The van der Waals surface area contributed by atoms with Gasteiger partial charge in [-0.15, -0.1) is 0 Å². The molecule has 1 unspecified atom stereocenters. The topological polar surface area (TPSA) is 50.2 Å². The van der Waals surface area contributed by atoms with E-state index in [1.165, 1.54) is 22.9 Å². The zero-order valence-electron chi connectivity index (χ0n) is 5.71. The van der Waals surface area contributed by atoms with Crippen molar-refractivity contribution in [3.05, 3.63) is 21.9 Å². The van der Waals surface area contributed by atoms with Crippen LogP contribution in [0.3, 0.4) is 0 Å². The van der Waals surface area contributed by atoms with E-state index in [1.54, 1.807) is 0 Å². The number of hydrogen-bond acceptors (Lipinski definition) is 2. The van der Waals surface area contributed by atoms with E-state index < -0.39 is 5.97 Å². The van der Waals surface area contributed by atoms with Crippen molar-refractivity contribution in [1.29, 1.82) is 0 Å². The van der Waals surface area contributed by atoms with Crippen LogP contribution >= 0.6 is 23.2 Å². The van der Waals surface area contributed by atoms with Gasteiger partial charge in [0.15, 0.2) is 0 Å². The van der Waals surface area contributed by atoms with Crippen LogP contribution in [0.1, 0.15) is 10.5 Å². The number of carboxylic acids is 1. The summed E-state index contributed by atoms with van der Waals surface area (Å²) in [7, 11) is 0. The summed E-state index contributed by atoms with van der Waals surface area (Å²) in [6.07, 6.45) is 0. The number of pyridine rings is 1. The average molecular weight is 268 g/mol. The van der Waals surface area contributed by atoms with Crippen LogP contribution in [0.2, 0.25) is 10.2 Å². The molecule has 0 saturated heterocycles. The molecule has 64 valence electrons. The maximum absolute atomic E-state index is 10.5. The van der Waals surface area contributed by atoms with Crippen LogP contribution in [0.15, 0.2) is 6.07 Å². The fraction of sp³-hybridized carbons (Fsp3) is 0. The van der Waals surface area contributed by atoms with Crippen molar-refractivity contribution in [3.63, 3.8) is 0 Å². The Hall–Kier alpha value is -0.242. The summed E-state index contributed by atoms with van der Waals surface area (Å²) < 4.78 is 0.668. The molecular formula is C6H4AsCl2NO2. The van der Waals surface area contributed by atoms with Gasteiger partial charge in [0.1, 0.15) is 0 Å². The Kier molecular flexibility index (Phi) is 2.99. The van der Waals surface area contributed by atoms with Gasteiger partial charge in [0.2, 0.25) is 0 Å². The summed E-state index contributed by atoms with van der Waals surface area (Å²) in [5.41, 5.74) is -0.191. The Bertz CT molecular complexity index is 343. The van der Waals surface area contributed by atoms with E-state index in [4.69, 9.17) is 28.3 Å². The predicted octanol–water partition coefficient (Wildman–Crippen LogP) is 0.345. The van der Waals surface area contributed by atoms with Crippen molar-refractivity contribution < 1.29 is 9.90 Å². The first-order chi connectivity index (χ1) is 5.52. The van der Waals surface area contributed by atoms with Crippen molar-refractivity contribution in [2.45, 2.75) is 0 Å². The van der Waals surface area contributed by atoms with E-state index >= 15 is 0 Å². The van der Waals surface area contributed by atoms with Crippen molar-refractivity contribution in [3.8, 4) is 0 Å². The van der Waals surface area contributed by atoms with Crippen LogP contribution in [0.25, 0.3) is 0 Å². The van der Waals surface area contributed by atoms with Crippen molar-refractivity contribution in [1.82, 2.24) is 4.98 Å². The Morgan fingerprint density at radius 2 is 2.17 bits per heavy atom. The molecule has 0 amide bonds. The molecule has 12 heavy (non-hydrogen) atoms. The molecular weight excluding hydrogens is 264 g/mol. The summed E-state index contributed by atoms with van der Waals surface area (Å²) in [6, 6.07) is 1.54. The molecule has 0 bridgehead atoms. The van der Waals surface area contributed by atoms with Gasteiger partial charge in [0.05, 0.1) is 0 Å². The minimum atomic E-state index is -1.17. The van der Waals surface area contributed by atoms with Gasteiger partial charge in [-0.1, -0.05) is 0 Å². The summed E-state index contributed by atoms with van der Waals surface area (Å²) in [5.74, 6) is -1.17. The van der Waals surface area contributed by atoms with Gasteiger partial charge in [-0.05, 0) is 0 Å². The number of rotatable bonds is 1. The third-order valence-electron chi connectivity index (χ3n) is 1.16. The van der Waals surface area contributed by atoms with Gasteiger partial charge in [-0.2, -0.15) is 0 Å². The van der Waals surface area contributed by atoms with Crippen LogP contribution in [-0.2, 0) is 0 Å². The molecule has 1 heterocycles. The van der Waals surface area contributed by atoms with Crippen LogP contribution in [0.4, 0.5) is 0 Å². The van der Waals surface area contributed by atoms with Gasteiger partial charge < -0.3 is 0 Å². The van der Waals surface area contributed by atoms with Gasteiger partial charge in [0.25, 0.3) is 0 Å². The second kappa shape index (κ2) is 3.65. The molecule has 1 aromatic rings. The first kappa shape index (κ1) is 9.84. The number of halogens is 2. The summed E-state index contributed by atoms with van der Waals surface area (Å²) >= 11 is 12.4. The van der Waals surface area contributed by atoms with Crippen molar-refractivity contribution >= 4 is 50.4 Å². The summed E-state index contributed by atoms with van der Waals surface area (Å²) in [5, 5.41) is 8.92. The van der Waals surface area contributed by atoms with Crippen LogP contribution in [0.5, 0.6) is 0 Å². The van der Waals surface area contributed by atoms with Crippen molar-refractivity contribution in [2.24, 2.45) is 0 Å². The first-order valence-electron chi connectivity index (χ1n) is 2.87. The molecule has 0 saturated carbocycles.